The molecule has 0 aliphatic heterocycles. The fourth-order valence-corrected chi connectivity index (χ4v) is 1.71. The number of nitro groups is 1. The van der Waals surface area contributed by atoms with Crippen molar-refractivity contribution in [3.63, 3.8) is 0 Å². The van der Waals surface area contributed by atoms with Crippen LogP contribution in [0.5, 0.6) is 0 Å². The SMILES string of the molecule is CC(=O)OCC(=O)N[C@@H](Cc1ccccc1[N+](=O)[O-])C(N)=O. The van der Waals surface area contributed by atoms with Crippen LogP contribution in [0.1, 0.15) is 12.5 Å². The lowest BCUT2D eigenvalue weighted by Gasteiger charge is -2.15. The Hall–Kier alpha value is -2.97. The first kappa shape index (κ1) is 17.1. The fraction of sp³-hybridized carbons (Fsp3) is 0.308. The Morgan fingerprint density at radius 2 is 2.00 bits per heavy atom. The zero-order valence-corrected chi connectivity index (χ0v) is 11.8. The molecular weight excluding hydrogens is 294 g/mol. The minimum Gasteiger partial charge on any atom is -0.456 e. The molecule has 0 bridgehead atoms. The van der Waals surface area contributed by atoms with Gasteiger partial charge in [0.1, 0.15) is 6.04 Å². The van der Waals surface area contributed by atoms with Gasteiger partial charge in [-0.1, -0.05) is 18.2 Å². The van der Waals surface area contributed by atoms with Crippen LogP contribution in [0.2, 0.25) is 0 Å². The third-order valence-electron chi connectivity index (χ3n) is 2.70. The number of para-hydroxylation sites is 1. The van der Waals surface area contributed by atoms with E-state index in [1.54, 1.807) is 6.07 Å². The number of esters is 1. The van der Waals surface area contributed by atoms with Gasteiger partial charge in [0.25, 0.3) is 11.6 Å². The van der Waals surface area contributed by atoms with Crippen LogP contribution in [0.4, 0.5) is 5.69 Å². The molecule has 1 rings (SSSR count). The van der Waals surface area contributed by atoms with Crippen LogP contribution in [-0.2, 0) is 25.5 Å². The van der Waals surface area contributed by atoms with E-state index in [-0.39, 0.29) is 17.7 Å². The number of nitrogens with two attached hydrogens (primary N) is 1. The van der Waals surface area contributed by atoms with Crippen molar-refractivity contribution in [3.8, 4) is 0 Å². The predicted molar refractivity (Wildman–Crippen MR) is 74.6 cm³/mol. The molecule has 0 aliphatic rings. The van der Waals surface area contributed by atoms with Crippen LogP contribution in [-0.4, -0.2) is 35.4 Å². The Morgan fingerprint density at radius 1 is 1.36 bits per heavy atom. The molecule has 0 fully saturated rings. The van der Waals surface area contributed by atoms with Gasteiger partial charge in [-0.2, -0.15) is 0 Å². The Morgan fingerprint density at radius 3 is 2.55 bits per heavy atom. The minimum atomic E-state index is -1.15. The quantitative estimate of drug-likeness (QED) is 0.401. The number of nitrogens with one attached hydrogen (secondary N) is 1. The highest BCUT2D eigenvalue weighted by atomic mass is 16.6. The number of amides is 2. The molecule has 1 aromatic rings. The topological polar surface area (TPSA) is 142 Å². The summed E-state index contributed by atoms with van der Waals surface area (Å²) in [6.45, 7) is 0.572. The van der Waals surface area contributed by atoms with Crippen molar-refractivity contribution in [1.29, 1.82) is 0 Å². The highest BCUT2D eigenvalue weighted by molar-refractivity contribution is 5.88. The third-order valence-corrected chi connectivity index (χ3v) is 2.70. The Bertz CT molecular complexity index is 601. The summed E-state index contributed by atoms with van der Waals surface area (Å²) in [6.07, 6.45) is -0.141. The van der Waals surface area contributed by atoms with Crippen molar-refractivity contribution in [2.45, 2.75) is 19.4 Å². The second-order valence-electron chi connectivity index (χ2n) is 4.39. The third kappa shape index (κ3) is 5.19. The van der Waals surface area contributed by atoms with Gasteiger partial charge in [-0.15, -0.1) is 0 Å². The van der Waals surface area contributed by atoms with E-state index >= 15 is 0 Å². The largest absolute Gasteiger partial charge is 0.456 e. The van der Waals surface area contributed by atoms with Crippen LogP contribution in [0.15, 0.2) is 24.3 Å². The second-order valence-corrected chi connectivity index (χ2v) is 4.39. The van der Waals surface area contributed by atoms with E-state index in [9.17, 15) is 24.5 Å². The molecule has 2 amide bonds. The molecule has 0 spiro atoms. The van der Waals surface area contributed by atoms with Crippen molar-refractivity contribution in [1.82, 2.24) is 5.32 Å². The summed E-state index contributed by atoms with van der Waals surface area (Å²) in [7, 11) is 0. The summed E-state index contributed by atoms with van der Waals surface area (Å²) in [4.78, 5) is 43.9. The maximum atomic E-state index is 11.5. The average Bonchev–Trinajstić information content (AvgIpc) is 2.44. The van der Waals surface area contributed by atoms with Crippen molar-refractivity contribution in [3.05, 3.63) is 39.9 Å². The van der Waals surface area contributed by atoms with E-state index in [0.29, 0.717) is 0 Å². The first-order valence-electron chi connectivity index (χ1n) is 6.25. The molecule has 0 unspecified atom stereocenters. The van der Waals surface area contributed by atoms with E-state index in [1.165, 1.54) is 18.2 Å². The molecule has 118 valence electrons. The van der Waals surface area contributed by atoms with E-state index < -0.39 is 35.4 Å². The number of hydrogen-bond acceptors (Lipinski definition) is 6. The lowest BCUT2D eigenvalue weighted by molar-refractivity contribution is -0.385. The number of primary amides is 1. The van der Waals surface area contributed by atoms with Crippen molar-refractivity contribution in [2.24, 2.45) is 5.73 Å². The molecule has 1 atom stereocenters. The zero-order chi connectivity index (χ0) is 16.7. The second kappa shape index (κ2) is 7.72. The maximum absolute atomic E-state index is 11.5. The first-order valence-corrected chi connectivity index (χ1v) is 6.25. The van der Waals surface area contributed by atoms with Gasteiger partial charge in [0.05, 0.1) is 4.92 Å². The molecule has 3 N–H and O–H groups in total. The van der Waals surface area contributed by atoms with E-state index in [4.69, 9.17) is 5.73 Å². The Balaban J connectivity index is 2.81. The lowest BCUT2D eigenvalue weighted by atomic mass is 10.0. The summed E-state index contributed by atoms with van der Waals surface area (Å²) >= 11 is 0. The Kier molecular flexibility index (Phi) is 5.99. The van der Waals surface area contributed by atoms with Gasteiger partial charge in [0.15, 0.2) is 6.61 Å². The number of rotatable bonds is 7. The van der Waals surface area contributed by atoms with Gasteiger partial charge >= 0.3 is 5.97 Å². The van der Waals surface area contributed by atoms with Gasteiger partial charge in [-0.3, -0.25) is 24.5 Å². The molecule has 0 radical (unpaired) electrons. The minimum absolute atomic E-state index is 0.141. The smallest absolute Gasteiger partial charge is 0.303 e. The van der Waals surface area contributed by atoms with Crippen LogP contribution in [0.25, 0.3) is 0 Å². The summed E-state index contributed by atoms with van der Waals surface area (Å²) in [5.74, 6) is -2.23. The van der Waals surface area contributed by atoms with Crippen molar-refractivity contribution < 1.29 is 24.0 Å². The van der Waals surface area contributed by atoms with Crippen molar-refractivity contribution in [2.75, 3.05) is 6.61 Å². The normalized spacial score (nSPS) is 11.3. The fourth-order valence-electron chi connectivity index (χ4n) is 1.71. The molecule has 9 nitrogen and oxygen atoms in total. The predicted octanol–water partition coefficient (Wildman–Crippen LogP) is -0.330. The van der Waals surface area contributed by atoms with Gasteiger partial charge < -0.3 is 15.8 Å². The number of carbonyl (C=O) groups excluding carboxylic acids is 3. The van der Waals surface area contributed by atoms with Crippen LogP contribution >= 0.6 is 0 Å². The molecule has 9 heteroatoms. The van der Waals surface area contributed by atoms with Gasteiger partial charge in [-0.05, 0) is 0 Å². The lowest BCUT2D eigenvalue weighted by Crippen LogP contribution is -2.47. The molecule has 0 saturated carbocycles. The van der Waals surface area contributed by atoms with Crippen LogP contribution < -0.4 is 11.1 Å². The number of nitrogens with zero attached hydrogens (tertiary/aromatic N) is 1. The average molecular weight is 309 g/mol. The first-order chi connectivity index (χ1) is 10.3. The van der Waals surface area contributed by atoms with Gasteiger partial charge in [0, 0.05) is 25.0 Å². The number of benzene rings is 1. The maximum Gasteiger partial charge on any atom is 0.303 e. The standard InChI is InChI=1S/C13H15N3O6/c1-8(17)22-7-12(18)15-10(13(14)19)6-9-4-2-3-5-11(9)16(20)21/h2-5,10H,6-7H2,1H3,(H2,14,19)(H,15,18)/t10-/m0/s1. The molecule has 0 heterocycles. The van der Waals surface area contributed by atoms with Crippen LogP contribution in [0, 0.1) is 10.1 Å². The van der Waals surface area contributed by atoms with Crippen LogP contribution in [0.3, 0.4) is 0 Å². The monoisotopic (exact) mass is 309 g/mol. The van der Waals surface area contributed by atoms with E-state index in [0.717, 1.165) is 6.92 Å². The molecule has 0 aliphatic carbocycles. The number of ether oxygens (including phenoxy) is 1. The van der Waals surface area contributed by atoms with E-state index in [2.05, 4.69) is 10.1 Å². The molecule has 22 heavy (non-hydrogen) atoms. The Labute approximate surface area is 125 Å². The number of carbonyl (C=O) groups is 3. The highest BCUT2D eigenvalue weighted by Crippen LogP contribution is 2.19. The van der Waals surface area contributed by atoms with E-state index in [1.807, 2.05) is 0 Å². The molecule has 0 saturated heterocycles. The van der Waals surface area contributed by atoms with Crippen molar-refractivity contribution >= 4 is 23.5 Å². The molecule has 0 aromatic heterocycles. The van der Waals surface area contributed by atoms with Gasteiger partial charge in [0.2, 0.25) is 5.91 Å². The molecular formula is C13H15N3O6. The highest BCUT2D eigenvalue weighted by Gasteiger charge is 2.23. The molecule has 1 aromatic carbocycles. The summed E-state index contributed by atoms with van der Waals surface area (Å²) in [5, 5.41) is 13.2. The zero-order valence-electron chi connectivity index (χ0n) is 11.8. The summed E-state index contributed by atoms with van der Waals surface area (Å²) in [5.41, 5.74) is 5.26. The summed E-state index contributed by atoms with van der Waals surface area (Å²) < 4.78 is 4.49. The van der Waals surface area contributed by atoms with Gasteiger partial charge in [-0.25, -0.2) is 0 Å². The summed E-state index contributed by atoms with van der Waals surface area (Å²) in [6, 6.07) is 4.66. The number of hydrogen-bond donors (Lipinski definition) is 2. The number of nitro benzene ring substituents is 1.